The zero-order valence-electron chi connectivity index (χ0n) is 12.5. The molecule has 4 nitrogen and oxygen atoms in total. The topological polar surface area (TPSA) is 46.6 Å². The molecule has 1 aromatic carbocycles. The first-order valence-electron chi connectivity index (χ1n) is 7.48. The third-order valence-electron chi connectivity index (χ3n) is 3.87. The van der Waals surface area contributed by atoms with E-state index in [1.54, 1.807) is 34.0 Å². The van der Waals surface area contributed by atoms with E-state index < -0.39 is 10.0 Å². The number of hydrogen-bond acceptors (Lipinski definition) is 4. The van der Waals surface area contributed by atoms with E-state index in [9.17, 15) is 8.42 Å². The van der Waals surface area contributed by atoms with Crippen molar-refractivity contribution in [1.29, 1.82) is 0 Å². The standard InChI is InChI=1S/C16H18ClNO3S2/c17-14-5-7-15(8-6-14)21-12-13-3-1-9-18(11-13)23(19,20)16-4-2-10-22-16/h2,4-8,10,13H,1,3,9,11-12H2. The first-order valence-corrected chi connectivity index (χ1v) is 10.2. The van der Waals surface area contributed by atoms with Crippen LogP contribution in [0, 0.1) is 5.92 Å². The molecule has 124 valence electrons. The smallest absolute Gasteiger partial charge is 0.252 e. The summed E-state index contributed by atoms with van der Waals surface area (Å²) in [5.74, 6) is 0.960. The van der Waals surface area contributed by atoms with Crippen molar-refractivity contribution in [1.82, 2.24) is 4.31 Å². The maximum atomic E-state index is 12.6. The summed E-state index contributed by atoms with van der Waals surface area (Å²) in [6.07, 6.45) is 1.84. The molecule has 0 N–H and O–H groups in total. The van der Waals surface area contributed by atoms with E-state index in [-0.39, 0.29) is 5.92 Å². The molecule has 1 saturated heterocycles. The lowest BCUT2D eigenvalue weighted by Gasteiger charge is -2.31. The average molecular weight is 372 g/mol. The van der Waals surface area contributed by atoms with Gasteiger partial charge in [0, 0.05) is 24.0 Å². The molecule has 0 saturated carbocycles. The minimum Gasteiger partial charge on any atom is -0.493 e. The van der Waals surface area contributed by atoms with Gasteiger partial charge < -0.3 is 4.74 Å². The minimum atomic E-state index is -3.36. The van der Waals surface area contributed by atoms with Gasteiger partial charge in [-0.2, -0.15) is 4.31 Å². The van der Waals surface area contributed by atoms with Gasteiger partial charge in [0.05, 0.1) is 6.61 Å². The highest BCUT2D eigenvalue weighted by Gasteiger charge is 2.31. The zero-order chi connectivity index (χ0) is 16.3. The fraction of sp³-hybridized carbons (Fsp3) is 0.375. The summed E-state index contributed by atoms with van der Waals surface area (Å²) >= 11 is 7.11. The zero-order valence-corrected chi connectivity index (χ0v) is 14.9. The van der Waals surface area contributed by atoms with Crippen molar-refractivity contribution < 1.29 is 13.2 Å². The minimum absolute atomic E-state index is 0.203. The molecule has 1 atom stereocenters. The van der Waals surface area contributed by atoms with Crippen molar-refractivity contribution in [2.45, 2.75) is 17.1 Å². The van der Waals surface area contributed by atoms with Crippen LogP contribution in [0.2, 0.25) is 5.02 Å². The van der Waals surface area contributed by atoms with Crippen LogP contribution in [0.25, 0.3) is 0 Å². The molecule has 3 rings (SSSR count). The van der Waals surface area contributed by atoms with E-state index in [4.69, 9.17) is 16.3 Å². The van der Waals surface area contributed by atoms with Crippen molar-refractivity contribution in [3.63, 3.8) is 0 Å². The molecule has 0 radical (unpaired) electrons. The van der Waals surface area contributed by atoms with E-state index in [0.717, 1.165) is 18.6 Å². The second kappa shape index (κ2) is 7.21. The quantitative estimate of drug-likeness (QED) is 0.801. The number of halogens is 1. The van der Waals surface area contributed by atoms with Gasteiger partial charge >= 0.3 is 0 Å². The Morgan fingerprint density at radius 2 is 2.04 bits per heavy atom. The number of sulfonamides is 1. The number of thiophene rings is 1. The molecule has 1 aliphatic heterocycles. The Balaban J connectivity index is 1.61. The summed E-state index contributed by atoms with van der Waals surface area (Å²) in [5.41, 5.74) is 0. The van der Waals surface area contributed by atoms with Crippen molar-refractivity contribution in [3.8, 4) is 5.75 Å². The lowest BCUT2D eigenvalue weighted by molar-refractivity contribution is 0.180. The predicted molar refractivity (Wildman–Crippen MR) is 92.7 cm³/mol. The largest absolute Gasteiger partial charge is 0.493 e. The fourth-order valence-corrected chi connectivity index (χ4v) is 5.49. The third kappa shape index (κ3) is 4.07. The lowest BCUT2D eigenvalue weighted by atomic mass is 10.0. The first kappa shape index (κ1) is 16.8. The molecule has 1 fully saturated rings. The van der Waals surface area contributed by atoms with E-state index in [1.165, 1.54) is 11.3 Å². The Morgan fingerprint density at radius 3 is 2.74 bits per heavy atom. The van der Waals surface area contributed by atoms with E-state index in [1.807, 2.05) is 12.1 Å². The van der Waals surface area contributed by atoms with E-state index in [2.05, 4.69) is 0 Å². The van der Waals surface area contributed by atoms with Crippen LogP contribution in [0.15, 0.2) is 46.0 Å². The molecule has 2 heterocycles. The SMILES string of the molecule is O=S(=O)(c1cccs1)N1CCCC(COc2ccc(Cl)cc2)C1. The highest BCUT2D eigenvalue weighted by Crippen LogP contribution is 2.27. The van der Waals surface area contributed by atoms with Gasteiger partial charge in [-0.3, -0.25) is 0 Å². The number of rotatable bonds is 5. The van der Waals surface area contributed by atoms with Gasteiger partial charge in [-0.25, -0.2) is 8.42 Å². The van der Waals surface area contributed by atoms with Crippen LogP contribution < -0.4 is 4.74 Å². The Kier molecular flexibility index (Phi) is 5.26. The van der Waals surface area contributed by atoms with Crippen LogP contribution in [0.4, 0.5) is 0 Å². The number of piperidine rings is 1. The molecular formula is C16H18ClNO3S2. The van der Waals surface area contributed by atoms with E-state index >= 15 is 0 Å². The lowest BCUT2D eigenvalue weighted by Crippen LogP contribution is -2.41. The van der Waals surface area contributed by atoms with Crippen LogP contribution in [0.1, 0.15) is 12.8 Å². The summed E-state index contributed by atoms with van der Waals surface area (Å²) in [6.45, 7) is 1.60. The number of benzene rings is 1. The fourth-order valence-electron chi connectivity index (χ4n) is 2.66. The van der Waals surface area contributed by atoms with Gasteiger partial charge in [0.1, 0.15) is 9.96 Å². The van der Waals surface area contributed by atoms with Gasteiger partial charge in [-0.1, -0.05) is 17.7 Å². The second-order valence-electron chi connectivity index (χ2n) is 5.57. The maximum Gasteiger partial charge on any atom is 0.252 e. The number of hydrogen-bond donors (Lipinski definition) is 0. The van der Waals surface area contributed by atoms with Crippen molar-refractivity contribution in [2.75, 3.05) is 19.7 Å². The molecule has 0 bridgehead atoms. The van der Waals surface area contributed by atoms with Crippen molar-refractivity contribution >= 4 is 33.0 Å². The summed E-state index contributed by atoms with van der Waals surface area (Å²) in [4.78, 5) is 0. The molecule has 1 aliphatic rings. The van der Waals surface area contributed by atoms with Gasteiger partial charge in [0.2, 0.25) is 0 Å². The summed E-state index contributed by atoms with van der Waals surface area (Å²) in [7, 11) is -3.36. The molecule has 1 unspecified atom stereocenters. The first-order chi connectivity index (χ1) is 11.1. The Bertz CT molecular complexity index is 729. The second-order valence-corrected chi connectivity index (χ2v) is 9.12. The predicted octanol–water partition coefficient (Wildman–Crippen LogP) is 3.88. The molecule has 0 aliphatic carbocycles. The molecule has 0 amide bonds. The monoisotopic (exact) mass is 371 g/mol. The van der Waals surface area contributed by atoms with Gasteiger partial charge in [-0.05, 0) is 48.6 Å². The van der Waals surface area contributed by atoms with Gasteiger partial charge in [-0.15, -0.1) is 11.3 Å². The molecule has 23 heavy (non-hydrogen) atoms. The third-order valence-corrected chi connectivity index (χ3v) is 7.36. The molecule has 2 aromatic rings. The molecule has 0 spiro atoms. The van der Waals surface area contributed by atoms with Crippen LogP contribution >= 0.6 is 22.9 Å². The van der Waals surface area contributed by atoms with Gasteiger partial charge in [0.25, 0.3) is 10.0 Å². The summed E-state index contributed by atoms with van der Waals surface area (Å²) < 4.78 is 32.9. The summed E-state index contributed by atoms with van der Waals surface area (Å²) in [6, 6.07) is 10.6. The van der Waals surface area contributed by atoms with Crippen LogP contribution in [-0.2, 0) is 10.0 Å². The van der Waals surface area contributed by atoms with Crippen LogP contribution in [0.3, 0.4) is 0 Å². The molecule has 7 heteroatoms. The maximum absolute atomic E-state index is 12.6. The highest BCUT2D eigenvalue weighted by atomic mass is 35.5. The van der Waals surface area contributed by atoms with Gasteiger partial charge in [0.15, 0.2) is 0 Å². The number of ether oxygens (including phenoxy) is 1. The van der Waals surface area contributed by atoms with Crippen LogP contribution in [-0.4, -0.2) is 32.4 Å². The Hall–Kier alpha value is -1.08. The Morgan fingerprint density at radius 1 is 1.26 bits per heavy atom. The van der Waals surface area contributed by atoms with Crippen molar-refractivity contribution in [3.05, 3.63) is 46.8 Å². The average Bonchev–Trinajstić information content (AvgIpc) is 3.10. The molecular weight excluding hydrogens is 354 g/mol. The number of nitrogens with zero attached hydrogens (tertiary/aromatic N) is 1. The Labute approximate surface area is 145 Å². The highest BCUT2D eigenvalue weighted by molar-refractivity contribution is 7.91. The normalized spacial score (nSPS) is 19.6. The van der Waals surface area contributed by atoms with E-state index in [0.29, 0.717) is 28.9 Å². The summed E-state index contributed by atoms with van der Waals surface area (Å²) in [5, 5.41) is 2.46. The van der Waals surface area contributed by atoms with Crippen LogP contribution in [0.5, 0.6) is 5.75 Å². The molecule has 1 aromatic heterocycles. The van der Waals surface area contributed by atoms with Crippen molar-refractivity contribution in [2.24, 2.45) is 5.92 Å².